The number of morpholine rings is 1. The number of benzene rings is 1. The van der Waals surface area contributed by atoms with E-state index in [1.54, 1.807) is 23.5 Å². The molecule has 1 aliphatic rings. The number of thiophene rings is 1. The van der Waals surface area contributed by atoms with Gasteiger partial charge in [-0.25, -0.2) is 4.39 Å². The van der Waals surface area contributed by atoms with Crippen LogP contribution in [-0.2, 0) is 27.3 Å². The minimum Gasteiger partial charge on any atom is -0.372 e. The summed E-state index contributed by atoms with van der Waals surface area (Å²) >= 11 is 1.60. The maximum Gasteiger partial charge on any atom is 0.313 e. The number of anilines is 2. The third-order valence-electron chi connectivity index (χ3n) is 4.66. The number of halogens is 1. The molecule has 0 radical (unpaired) electrons. The fraction of sp³-hybridized carbons (Fsp3) is 0.429. The Labute approximate surface area is 174 Å². The molecule has 1 aromatic heterocycles. The summed E-state index contributed by atoms with van der Waals surface area (Å²) in [5, 5.41) is 5.04. The number of aryl methyl sites for hydroxylation is 1. The van der Waals surface area contributed by atoms with E-state index in [1.165, 1.54) is 10.9 Å². The molecule has 0 aliphatic carbocycles. The zero-order chi connectivity index (χ0) is 21.0. The van der Waals surface area contributed by atoms with Gasteiger partial charge in [0, 0.05) is 28.5 Å². The number of ether oxygens (including phenoxy) is 1. The Bertz CT molecular complexity index is 876. The largest absolute Gasteiger partial charge is 0.372 e. The molecule has 2 N–H and O–H groups in total. The van der Waals surface area contributed by atoms with E-state index in [0.717, 1.165) is 11.3 Å². The lowest BCUT2D eigenvalue weighted by Gasteiger charge is -2.37. The van der Waals surface area contributed by atoms with Crippen LogP contribution in [0.1, 0.15) is 30.5 Å². The van der Waals surface area contributed by atoms with Gasteiger partial charge in [-0.05, 0) is 50.6 Å². The molecule has 29 heavy (non-hydrogen) atoms. The third-order valence-corrected chi connectivity index (χ3v) is 5.89. The molecule has 0 unspecified atom stereocenters. The molecule has 0 bridgehead atoms. The normalized spacial score (nSPS) is 19.1. The zero-order valence-corrected chi connectivity index (χ0v) is 17.6. The van der Waals surface area contributed by atoms with E-state index in [-0.39, 0.29) is 24.4 Å². The highest BCUT2D eigenvalue weighted by Crippen LogP contribution is 2.26. The molecule has 1 saturated heterocycles. The first-order chi connectivity index (χ1) is 13.9. The van der Waals surface area contributed by atoms with Crippen molar-refractivity contribution in [2.75, 3.05) is 23.3 Å². The van der Waals surface area contributed by atoms with Crippen molar-refractivity contribution in [3.8, 4) is 0 Å². The average molecular weight is 420 g/mol. The van der Waals surface area contributed by atoms with E-state index in [0.29, 0.717) is 18.8 Å². The number of carbonyl (C=O) groups is 2. The number of rotatable bonds is 5. The fourth-order valence-corrected chi connectivity index (χ4v) is 4.26. The van der Waals surface area contributed by atoms with Gasteiger partial charge < -0.3 is 20.3 Å². The van der Waals surface area contributed by atoms with E-state index < -0.39 is 17.6 Å². The Hall–Kier alpha value is -2.45. The molecule has 6 nitrogen and oxygen atoms in total. The topological polar surface area (TPSA) is 70.7 Å². The van der Waals surface area contributed by atoms with Gasteiger partial charge in [-0.3, -0.25) is 9.59 Å². The summed E-state index contributed by atoms with van der Waals surface area (Å²) in [5.41, 5.74) is 0.698. The number of hydrogen-bond donors (Lipinski definition) is 2. The second-order valence-corrected chi connectivity index (χ2v) is 8.44. The van der Waals surface area contributed by atoms with Crippen molar-refractivity contribution in [2.24, 2.45) is 0 Å². The van der Waals surface area contributed by atoms with Crippen LogP contribution in [0.3, 0.4) is 0 Å². The summed E-state index contributed by atoms with van der Waals surface area (Å²) in [5.74, 6) is -2.02. The maximum atomic E-state index is 14.6. The molecule has 2 aromatic rings. The van der Waals surface area contributed by atoms with Crippen molar-refractivity contribution in [3.63, 3.8) is 0 Å². The van der Waals surface area contributed by atoms with Gasteiger partial charge >= 0.3 is 11.8 Å². The molecule has 0 spiro atoms. The first-order valence-electron chi connectivity index (χ1n) is 9.72. The quantitative estimate of drug-likeness (QED) is 0.730. The highest BCUT2D eigenvalue weighted by molar-refractivity contribution is 7.11. The molecule has 2 atom stereocenters. The molecular formula is C21H26FN3O3S. The second kappa shape index (κ2) is 9.37. The van der Waals surface area contributed by atoms with Crippen LogP contribution < -0.4 is 15.5 Å². The first-order valence-corrected chi connectivity index (χ1v) is 10.5. The van der Waals surface area contributed by atoms with Crippen LogP contribution in [0, 0.1) is 5.82 Å². The van der Waals surface area contributed by atoms with Gasteiger partial charge in [0.1, 0.15) is 5.82 Å². The number of nitrogens with one attached hydrogen (secondary N) is 2. The van der Waals surface area contributed by atoms with E-state index in [2.05, 4.69) is 17.6 Å². The Balaban J connectivity index is 1.57. The Kier molecular flexibility index (Phi) is 6.87. The zero-order valence-electron chi connectivity index (χ0n) is 16.8. The lowest BCUT2D eigenvalue weighted by molar-refractivity contribution is -0.136. The molecular weight excluding hydrogens is 393 g/mol. The highest BCUT2D eigenvalue weighted by atomic mass is 32.1. The Morgan fingerprint density at radius 3 is 2.45 bits per heavy atom. The number of amides is 2. The van der Waals surface area contributed by atoms with Crippen molar-refractivity contribution in [2.45, 2.75) is 45.9 Å². The van der Waals surface area contributed by atoms with Crippen molar-refractivity contribution >= 4 is 34.5 Å². The molecule has 2 amide bonds. The van der Waals surface area contributed by atoms with Gasteiger partial charge in [0.2, 0.25) is 0 Å². The van der Waals surface area contributed by atoms with Gasteiger partial charge in [-0.1, -0.05) is 6.92 Å². The predicted octanol–water partition coefficient (Wildman–Crippen LogP) is 3.32. The van der Waals surface area contributed by atoms with Gasteiger partial charge in [-0.15, -0.1) is 11.3 Å². The summed E-state index contributed by atoms with van der Waals surface area (Å²) in [6.45, 7) is 7.44. The summed E-state index contributed by atoms with van der Waals surface area (Å²) in [6.07, 6.45) is 0.957. The molecule has 8 heteroatoms. The van der Waals surface area contributed by atoms with Crippen LogP contribution in [0.25, 0.3) is 0 Å². The molecule has 0 saturated carbocycles. The number of nitrogens with zero attached hydrogens (tertiary/aromatic N) is 1. The molecule has 2 heterocycles. The Morgan fingerprint density at radius 2 is 1.83 bits per heavy atom. The van der Waals surface area contributed by atoms with E-state index >= 15 is 0 Å². The standard InChI is InChI=1S/C21H26FN3O3S/c1-4-16-6-7-17(29-16)10-23-20(26)21(27)24-15-5-8-19(18(22)9-15)25-11-13(2)28-14(3)12-25/h5-9,13-14H,4,10-12H2,1-3H3,(H,23,26)(H,24,27)/t13-,14-/m0/s1. The highest BCUT2D eigenvalue weighted by Gasteiger charge is 2.24. The maximum absolute atomic E-state index is 14.6. The summed E-state index contributed by atoms with van der Waals surface area (Å²) in [7, 11) is 0. The van der Waals surface area contributed by atoms with Crippen molar-refractivity contribution in [1.29, 1.82) is 0 Å². The smallest absolute Gasteiger partial charge is 0.313 e. The van der Waals surface area contributed by atoms with Gasteiger partial charge in [0.15, 0.2) is 0 Å². The van der Waals surface area contributed by atoms with Crippen LogP contribution in [0.5, 0.6) is 0 Å². The van der Waals surface area contributed by atoms with E-state index in [4.69, 9.17) is 4.74 Å². The van der Waals surface area contributed by atoms with Crippen molar-refractivity contribution < 1.29 is 18.7 Å². The summed E-state index contributed by atoms with van der Waals surface area (Å²) in [4.78, 5) is 28.3. The van der Waals surface area contributed by atoms with Crippen LogP contribution in [-0.4, -0.2) is 37.1 Å². The summed E-state index contributed by atoms with van der Waals surface area (Å²) < 4.78 is 20.3. The fourth-order valence-electron chi connectivity index (χ4n) is 3.36. The number of carbonyl (C=O) groups excluding carboxylic acids is 2. The van der Waals surface area contributed by atoms with Crippen molar-refractivity contribution in [1.82, 2.24) is 5.32 Å². The molecule has 156 valence electrons. The molecule has 1 aromatic carbocycles. The van der Waals surface area contributed by atoms with Gasteiger partial charge in [-0.2, -0.15) is 0 Å². The lowest BCUT2D eigenvalue weighted by atomic mass is 10.2. The van der Waals surface area contributed by atoms with E-state index in [1.807, 2.05) is 30.9 Å². The van der Waals surface area contributed by atoms with Gasteiger partial charge in [0.25, 0.3) is 0 Å². The van der Waals surface area contributed by atoms with Gasteiger partial charge in [0.05, 0.1) is 24.4 Å². The third kappa shape index (κ3) is 5.55. The van der Waals surface area contributed by atoms with Crippen LogP contribution >= 0.6 is 11.3 Å². The molecule has 1 aliphatic heterocycles. The van der Waals surface area contributed by atoms with E-state index in [9.17, 15) is 14.0 Å². The molecule has 1 fully saturated rings. The average Bonchev–Trinajstić information content (AvgIpc) is 3.13. The van der Waals surface area contributed by atoms with Crippen LogP contribution in [0.4, 0.5) is 15.8 Å². The first kappa shape index (κ1) is 21.3. The second-order valence-electron chi connectivity index (χ2n) is 7.19. The minimum atomic E-state index is -0.821. The monoisotopic (exact) mass is 419 g/mol. The molecule has 3 rings (SSSR count). The SMILES string of the molecule is CCc1ccc(CNC(=O)C(=O)Nc2ccc(N3C[C@H](C)O[C@@H](C)C3)c(F)c2)s1. The minimum absolute atomic E-state index is 0.0120. The number of hydrogen-bond acceptors (Lipinski definition) is 5. The summed E-state index contributed by atoms with van der Waals surface area (Å²) in [6, 6.07) is 8.39. The van der Waals surface area contributed by atoms with Crippen LogP contribution in [0.15, 0.2) is 30.3 Å². The van der Waals surface area contributed by atoms with Crippen LogP contribution in [0.2, 0.25) is 0 Å². The predicted molar refractivity (Wildman–Crippen MR) is 113 cm³/mol. The van der Waals surface area contributed by atoms with Crippen molar-refractivity contribution in [3.05, 3.63) is 45.9 Å². The Morgan fingerprint density at radius 1 is 1.14 bits per heavy atom. The lowest BCUT2D eigenvalue weighted by Crippen LogP contribution is -2.45.